The third kappa shape index (κ3) is 5.61. The lowest BCUT2D eigenvalue weighted by molar-refractivity contribution is 0.247. The lowest BCUT2D eigenvalue weighted by Gasteiger charge is -2.11. The molecule has 0 atom stereocenters. The number of hydrogen-bond donors (Lipinski definition) is 2. The molecule has 0 unspecified atom stereocenters. The van der Waals surface area contributed by atoms with Crippen molar-refractivity contribution in [3.8, 4) is 5.75 Å². The summed E-state index contributed by atoms with van der Waals surface area (Å²) in [5.41, 5.74) is 5.12. The molecule has 1 aromatic heterocycles. The van der Waals surface area contributed by atoms with Gasteiger partial charge in [0.15, 0.2) is 0 Å². The van der Waals surface area contributed by atoms with Crippen molar-refractivity contribution in [2.75, 3.05) is 18.5 Å². The summed E-state index contributed by atoms with van der Waals surface area (Å²) in [5.74, 6) is 0.796. The van der Waals surface area contributed by atoms with Gasteiger partial charge in [0.25, 0.3) is 0 Å². The fraction of sp³-hybridized carbons (Fsp3) is 0.273. The van der Waals surface area contributed by atoms with Crippen LogP contribution in [0.15, 0.2) is 54.6 Å². The van der Waals surface area contributed by atoms with Crippen molar-refractivity contribution >= 4 is 11.7 Å². The van der Waals surface area contributed by atoms with Gasteiger partial charge in [0.1, 0.15) is 12.4 Å². The van der Waals surface area contributed by atoms with Crippen LogP contribution >= 0.6 is 0 Å². The molecule has 0 radical (unpaired) electrons. The number of ether oxygens (including phenoxy) is 1. The first-order chi connectivity index (χ1) is 13.5. The van der Waals surface area contributed by atoms with Crippen LogP contribution < -0.4 is 15.4 Å². The summed E-state index contributed by atoms with van der Waals surface area (Å²) in [6.07, 6.45) is 0. The molecule has 0 bridgehead atoms. The summed E-state index contributed by atoms with van der Waals surface area (Å²) in [6, 6.07) is 17.4. The van der Waals surface area contributed by atoms with Gasteiger partial charge in [0, 0.05) is 11.4 Å². The standard InChI is InChI=1S/C22H26N4O2/c1-16-7-9-21(10-8-16)28-12-11-23-22(27)24-20-6-4-5-19(14-20)15-26-18(3)13-17(2)25-26/h4-10,13-14H,11-12,15H2,1-3H3,(H2,23,24,27). The van der Waals surface area contributed by atoms with Crippen molar-refractivity contribution in [3.05, 3.63) is 77.1 Å². The quantitative estimate of drug-likeness (QED) is 0.609. The fourth-order valence-electron chi connectivity index (χ4n) is 2.90. The van der Waals surface area contributed by atoms with Crippen LogP contribution in [0.3, 0.4) is 0 Å². The monoisotopic (exact) mass is 378 g/mol. The summed E-state index contributed by atoms with van der Waals surface area (Å²) in [4.78, 5) is 12.1. The molecule has 28 heavy (non-hydrogen) atoms. The van der Waals surface area contributed by atoms with E-state index in [4.69, 9.17) is 4.74 Å². The number of carbonyl (C=O) groups excluding carboxylic acids is 1. The number of nitrogens with one attached hydrogen (secondary N) is 2. The van der Waals surface area contributed by atoms with Crippen LogP contribution in [0.1, 0.15) is 22.5 Å². The molecule has 0 aliphatic carbocycles. The van der Waals surface area contributed by atoms with Crippen LogP contribution in [-0.4, -0.2) is 29.0 Å². The van der Waals surface area contributed by atoms with Gasteiger partial charge in [-0.05, 0) is 56.7 Å². The third-order valence-corrected chi connectivity index (χ3v) is 4.30. The van der Waals surface area contributed by atoms with Gasteiger partial charge in [0.2, 0.25) is 0 Å². The molecule has 0 saturated heterocycles. The fourth-order valence-corrected chi connectivity index (χ4v) is 2.90. The molecule has 0 spiro atoms. The molecule has 6 heteroatoms. The normalized spacial score (nSPS) is 10.5. The molecule has 2 aromatic carbocycles. The number of hydrogen-bond acceptors (Lipinski definition) is 3. The molecule has 0 fully saturated rings. The first-order valence-electron chi connectivity index (χ1n) is 9.34. The maximum atomic E-state index is 12.1. The first kappa shape index (κ1) is 19.5. The number of aromatic nitrogens is 2. The SMILES string of the molecule is Cc1ccc(OCCNC(=O)Nc2cccc(Cn3nc(C)cc3C)c2)cc1. The molecule has 0 aliphatic heterocycles. The van der Waals surface area contributed by atoms with Crippen molar-refractivity contribution < 1.29 is 9.53 Å². The predicted molar refractivity (Wildman–Crippen MR) is 111 cm³/mol. The van der Waals surface area contributed by atoms with Crippen LogP contribution in [0.4, 0.5) is 10.5 Å². The van der Waals surface area contributed by atoms with E-state index in [0.29, 0.717) is 19.7 Å². The Labute approximate surface area is 165 Å². The largest absolute Gasteiger partial charge is 0.492 e. The number of benzene rings is 2. The van der Waals surface area contributed by atoms with E-state index in [-0.39, 0.29) is 6.03 Å². The van der Waals surface area contributed by atoms with Gasteiger partial charge in [-0.15, -0.1) is 0 Å². The van der Waals surface area contributed by atoms with E-state index in [0.717, 1.165) is 28.4 Å². The van der Waals surface area contributed by atoms with Crippen molar-refractivity contribution in [1.29, 1.82) is 0 Å². The Kier molecular flexibility index (Phi) is 6.32. The van der Waals surface area contributed by atoms with E-state index in [1.165, 1.54) is 5.56 Å². The average Bonchev–Trinajstić information content (AvgIpc) is 2.97. The molecule has 146 valence electrons. The highest BCUT2D eigenvalue weighted by Crippen LogP contribution is 2.13. The minimum Gasteiger partial charge on any atom is -0.492 e. The Morgan fingerprint density at radius 1 is 1.07 bits per heavy atom. The van der Waals surface area contributed by atoms with E-state index < -0.39 is 0 Å². The van der Waals surface area contributed by atoms with E-state index in [1.807, 2.05) is 80.1 Å². The highest BCUT2D eigenvalue weighted by molar-refractivity contribution is 5.89. The molecule has 1 heterocycles. The van der Waals surface area contributed by atoms with Crippen LogP contribution in [-0.2, 0) is 6.54 Å². The zero-order valence-corrected chi connectivity index (χ0v) is 16.5. The summed E-state index contributed by atoms with van der Waals surface area (Å²) in [5, 5.41) is 10.1. The molecule has 2 amide bonds. The zero-order chi connectivity index (χ0) is 19.9. The smallest absolute Gasteiger partial charge is 0.319 e. The van der Waals surface area contributed by atoms with E-state index in [9.17, 15) is 4.79 Å². The molecule has 0 saturated carbocycles. The lowest BCUT2D eigenvalue weighted by atomic mass is 10.2. The van der Waals surface area contributed by atoms with E-state index >= 15 is 0 Å². The Morgan fingerprint density at radius 2 is 1.86 bits per heavy atom. The Morgan fingerprint density at radius 3 is 2.57 bits per heavy atom. The Bertz CT molecular complexity index is 932. The zero-order valence-electron chi connectivity index (χ0n) is 16.5. The van der Waals surface area contributed by atoms with E-state index in [1.54, 1.807) is 0 Å². The Balaban J connectivity index is 1.46. The number of anilines is 1. The summed E-state index contributed by atoms with van der Waals surface area (Å²) < 4.78 is 7.56. The van der Waals surface area contributed by atoms with Gasteiger partial charge >= 0.3 is 6.03 Å². The van der Waals surface area contributed by atoms with Crippen molar-refractivity contribution in [3.63, 3.8) is 0 Å². The maximum Gasteiger partial charge on any atom is 0.319 e. The molecule has 2 N–H and O–H groups in total. The second kappa shape index (κ2) is 9.08. The number of amides is 2. The highest BCUT2D eigenvalue weighted by Gasteiger charge is 2.05. The van der Waals surface area contributed by atoms with Gasteiger partial charge in [-0.3, -0.25) is 4.68 Å². The second-order valence-corrected chi connectivity index (χ2v) is 6.83. The van der Waals surface area contributed by atoms with Gasteiger partial charge in [-0.1, -0.05) is 29.8 Å². The molecule has 0 aliphatic rings. The average molecular weight is 378 g/mol. The van der Waals surface area contributed by atoms with Crippen molar-refractivity contribution in [2.45, 2.75) is 27.3 Å². The molecule has 6 nitrogen and oxygen atoms in total. The third-order valence-electron chi connectivity index (χ3n) is 4.30. The second-order valence-electron chi connectivity index (χ2n) is 6.83. The highest BCUT2D eigenvalue weighted by atomic mass is 16.5. The van der Waals surface area contributed by atoms with Gasteiger partial charge in [-0.25, -0.2) is 4.79 Å². The first-order valence-corrected chi connectivity index (χ1v) is 9.34. The number of nitrogens with zero attached hydrogens (tertiary/aromatic N) is 2. The molecule has 3 rings (SSSR count). The van der Waals surface area contributed by atoms with Gasteiger partial charge in [-0.2, -0.15) is 5.10 Å². The number of urea groups is 1. The van der Waals surface area contributed by atoms with Crippen LogP contribution in [0.5, 0.6) is 5.75 Å². The van der Waals surface area contributed by atoms with Crippen LogP contribution in [0.2, 0.25) is 0 Å². The summed E-state index contributed by atoms with van der Waals surface area (Å²) in [7, 11) is 0. The molecule has 3 aromatic rings. The van der Waals surface area contributed by atoms with E-state index in [2.05, 4.69) is 15.7 Å². The number of rotatable bonds is 7. The lowest BCUT2D eigenvalue weighted by Crippen LogP contribution is -2.32. The minimum absolute atomic E-state index is 0.254. The topological polar surface area (TPSA) is 68.2 Å². The Hall–Kier alpha value is -3.28. The molecular formula is C22H26N4O2. The van der Waals surface area contributed by atoms with Crippen LogP contribution in [0.25, 0.3) is 0 Å². The number of carbonyl (C=O) groups is 1. The maximum absolute atomic E-state index is 12.1. The summed E-state index contributed by atoms with van der Waals surface area (Å²) in [6.45, 7) is 7.55. The van der Waals surface area contributed by atoms with Crippen molar-refractivity contribution in [1.82, 2.24) is 15.1 Å². The predicted octanol–water partition coefficient (Wildman–Crippen LogP) is 4.06. The molecular weight excluding hydrogens is 352 g/mol. The minimum atomic E-state index is -0.254. The van der Waals surface area contributed by atoms with Crippen LogP contribution in [0, 0.1) is 20.8 Å². The number of aryl methyl sites for hydroxylation is 3. The summed E-state index contributed by atoms with van der Waals surface area (Å²) >= 11 is 0. The van der Waals surface area contributed by atoms with Gasteiger partial charge in [0.05, 0.1) is 18.8 Å². The van der Waals surface area contributed by atoms with Gasteiger partial charge < -0.3 is 15.4 Å². The van der Waals surface area contributed by atoms with Crippen molar-refractivity contribution in [2.24, 2.45) is 0 Å².